The van der Waals surface area contributed by atoms with E-state index in [2.05, 4.69) is 10.6 Å². The molecule has 0 aliphatic carbocycles. The molecule has 1 aromatic heterocycles. The summed E-state index contributed by atoms with van der Waals surface area (Å²) in [6.45, 7) is 3.72. The monoisotopic (exact) mass is 699 g/mol. The number of anilines is 3. The van der Waals surface area contributed by atoms with Crippen LogP contribution in [-0.4, -0.2) is 79.3 Å². The molecular formula is C34H45N5O7S2. The predicted molar refractivity (Wildman–Crippen MR) is 187 cm³/mol. The molecule has 0 spiro atoms. The molecule has 0 bridgehead atoms. The summed E-state index contributed by atoms with van der Waals surface area (Å²) in [7, 11) is -2.24. The molecule has 1 aliphatic heterocycles. The number of para-hydroxylation sites is 2. The van der Waals surface area contributed by atoms with Gasteiger partial charge in [-0.1, -0.05) is 31.5 Å². The number of hydrogen-bond donors (Lipinski definition) is 4. The fourth-order valence-electron chi connectivity index (χ4n) is 5.44. The van der Waals surface area contributed by atoms with Crippen molar-refractivity contribution < 1.29 is 32.6 Å². The van der Waals surface area contributed by atoms with Crippen molar-refractivity contribution in [2.75, 3.05) is 43.1 Å². The van der Waals surface area contributed by atoms with Crippen LogP contribution < -0.4 is 21.1 Å². The van der Waals surface area contributed by atoms with Gasteiger partial charge in [-0.2, -0.15) is 4.31 Å². The lowest BCUT2D eigenvalue weighted by molar-refractivity contribution is -0.134. The number of aliphatic hydroxyl groups excluding tert-OH is 1. The van der Waals surface area contributed by atoms with Gasteiger partial charge < -0.3 is 31.1 Å². The van der Waals surface area contributed by atoms with Crippen molar-refractivity contribution in [1.82, 2.24) is 9.21 Å². The lowest BCUT2D eigenvalue weighted by Crippen LogP contribution is -2.48. The number of sulfonamides is 1. The standard InChI is InChI=1S/C34H45N5O7S2/c1-23-20-39(24(2)22-40)33(43)19-25-18-26(15-16-29(25)46-30(23)21-38(3)48(44,45)34-14-9-17-47-34)36-31(41)12-5-4-6-13-32(42)37-28-11-8-7-10-27(28)35/h7-11,14-18,23-24,30,40H,4-6,12-13,19-22,35H2,1-3H3,(H,36,41)(H,37,42)/t23-,24-,30+/m0/s1. The lowest BCUT2D eigenvalue weighted by Gasteiger charge is -2.33. The number of ether oxygens (including phenoxy) is 1. The van der Waals surface area contributed by atoms with E-state index in [1.807, 2.05) is 6.92 Å². The number of likely N-dealkylation sites (N-methyl/N-ethyl adjacent to an activating group) is 1. The van der Waals surface area contributed by atoms with E-state index in [9.17, 15) is 27.9 Å². The number of carbonyl (C=O) groups excluding carboxylic acids is 3. The van der Waals surface area contributed by atoms with Crippen LogP contribution in [0.15, 0.2) is 64.2 Å². The van der Waals surface area contributed by atoms with Crippen molar-refractivity contribution >= 4 is 56.1 Å². The van der Waals surface area contributed by atoms with Gasteiger partial charge >= 0.3 is 0 Å². The van der Waals surface area contributed by atoms with Gasteiger partial charge in [0.05, 0.1) is 37.0 Å². The Labute approximate surface area is 286 Å². The summed E-state index contributed by atoms with van der Waals surface area (Å²) in [4.78, 5) is 40.1. The fraction of sp³-hybridized carbons (Fsp3) is 0.441. The highest BCUT2D eigenvalue weighted by Gasteiger charge is 2.33. The summed E-state index contributed by atoms with van der Waals surface area (Å²) < 4.78 is 34.3. The summed E-state index contributed by atoms with van der Waals surface area (Å²) in [5.74, 6) is -0.402. The molecule has 4 rings (SSSR count). The third-order valence-electron chi connectivity index (χ3n) is 8.34. The van der Waals surface area contributed by atoms with E-state index in [4.69, 9.17) is 10.5 Å². The second-order valence-corrected chi connectivity index (χ2v) is 15.4. The first-order valence-corrected chi connectivity index (χ1v) is 18.3. The van der Waals surface area contributed by atoms with Crippen LogP contribution in [0.4, 0.5) is 17.1 Å². The molecule has 12 nitrogen and oxygen atoms in total. The second kappa shape index (κ2) is 16.9. The Morgan fingerprint density at radius 3 is 2.46 bits per heavy atom. The van der Waals surface area contributed by atoms with Crippen LogP contribution in [0, 0.1) is 5.92 Å². The van der Waals surface area contributed by atoms with Crippen molar-refractivity contribution in [2.45, 2.75) is 68.7 Å². The van der Waals surface area contributed by atoms with Gasteiger partial charge in [-0.3, -0.25) is 14.4 Å². The van der Waals surface area contributed by atoms with E-state index in [0.29, 0.717) is 54.1 Å². The Bertz CT molecular complexity index is 1670. The Kier molecular flexibility index (Phi) is 13.0. The first-order valence-electron chi connectivity index (χ1n) is 16.0. The predicted octanol–water partition coefficient (Wildman–Crippen LogP) is 4.33. The summed E-state index contributed by atoms with van der Waals surface area (Å²) in [5.41, 5.74) is 8.00. The highest BCUT2D eigenvalue weighted by Crippen LogP contribution is 2.30. The number of nitrogens with two attached hydrogens (primary N) is 1. The van der Waals surface area contributed by atoms with Crippen LogP contribution in [0.1, 0.15) is 51.5 Å². The quantitative estimate of drug-likeness (QED) is 0.142. The van der Waals surface area contributed by atoms with Crippen molar-refractivity contribution in [3.63, 3.8) is 0 Å². The number of unbranched alkanes of at least 4 members (excludes halogenated alkanes) is 2. The molecule has 0 saturated heterocycles. The number of nitrogens with one attached hydrogen (secondary N) is 2. The van der Waals surface area contributed by atoms with E-state index in [1.54, 1.807) is 71.8 Å². The molecule has 0 radical (unpaired) electrons. The minimum absolute atomic E-state index is 0.0249. The molecule has 2 heterocycles. The normalized spacial score (nSPS) is 17.4. The highest BCUT2D eigenvalue weighted by molar-refractivity contribution is 7.91. The molecule has 3 amide bonds. The number of hydrogen-bond acceptors (Lipinski definition) is 9. The minimum atomic E-state index is -3.74. The molecule has 1 aliphatic rings. The summed E-state index contributed by atoms with van der Waals surface area (Å²) in [6, 6.07) is 14.9. The molecular weight excluding hydrogens is 655 g/mol. The lowest BCUT2D eigenvalue weighted by atomic mass is 10.0. The number of nitrogen functional groups attached to an aromatic ring is 1. The molecule has 5 N–H and O–H groups in total. The number of nitrogens with zero attached hydrogens (tertiary/aromatic N) is 2. The Balaban J connectivity index is 1.39. The van der Waals surface area contributed by atoms with Crippen molar-refractivity contribution in [2.24, 2.45) is 5.92 Å². The minimum Gasteiger partial charge on any atom is -0.488 e. The largest absolute Gasteiger partial charge is 0.488 e. The molecule has 2 aromatic carbocycles. The van der Waals surface area contributed by atoms with Gasteiger partial charge in [0.2, 0.25) is 17.7 Å². The summed E-state index contributed by atoms with van der Waals surface area (Å²) >= 11 is 1.14. The maximum absolute atomic E-state index is 13.5. The maximum Gasteiger partial charge on any atom is 0.252 e. The SMILES string of the molecule is C[C@H]1CN([C@@H](C)CO)C(=O)Cc2cc(NC(=O)CCCCCC(=O)Nc3ccccc3N)ccc2O[C@@H]1CN(C)S(=O)(=O)c1cccs1. The van der Waals surface area contributed by atoms with Gasteiger partial charge in [0, 0.05) is 43.6 Å². The Morgan fingerprint density at radius 1 is 1.08 bits per heavy atom. The topological polar surface area (TPSA) is 171 Å². The van der Waals surface area contributed by atoms with E-state index in [-0.39, 0.29) is 60.4 Å². The second-order valence-electron chi connectivity index (χ2n) is 12.2. The highest BCUT2D eigenvalue weighted by atomic mass is 32.2. The average molecular weight is 700 g/mol. The van der Waals surface area contributed by atoms with Crippen molar-refractivity contribution in [3.05, 3.63) is 65.5 Å². The number of thiophene rings is 1. The van der Waals surface area contributed by atoms with E-state index in [0.717, 1.165) is 11.3 Å². The van der Waals surface area contributed by atoms with Gasteiger partial charge in [0.15, 0.2) is 0 Å². The Hall–Kier alpha value is -3.98. The molecule has 0 unspecified atom stereocenters. The van der Waals surface area contributed by atoms with Gasteiger partial charge in [0.25, 0.3) is 10.0 Å². The number of benzene rings is 2. The number of carbonyl (C=O) groups is 3. The zero-order chi connectivity index (χ0) is 34.8. The molecule has 0 fully saturated rings. The van der Waals surface area contributed by atoms with Crippen LogP contribution >= 0.6 is 11.3 Å². The number of aliphatic hydroxyl groups is 1. The van der Waals surface area contributed by atoms with Crippen LogP contribution in [-0.2, 0) is 30.8 Å². The number of fused-ring (bicyclic) bond motifs is 1. The molecule has 3 atom stereocenters. The molecule has 14 heteroatoms. The van der Waals surface area contributed by atoms with Crippen LogP contribution in [0.5, 0.6) is 5.75 Å². The third-order valence-corrected chi connectivity index (χ3v) is 11.5. The maximum atomic E-state index is 13.5. The summed E-state index contributed by atoms with van der Waals surface area (Å²) in [6.07, 6.45) is 1.83. The first kappa shape index (κ1) is 36.8. The van der Waals surface area contributed by atoms with Crippen LogP contribution in [0.25, 0.3) is 0 Å². The first-order chi connectivity index (χ1) is 22.9. The molecule has 48 heavy (non-hydrogen) atoms. The van der Waals surface area contributed by atoms with Gasteiger partial charge in [-0.05, 0) is 61.5 Å². The zero-order valence-electron chi connectivity index (χ0n) is 27.6. The zero-order valence-corrected chi connectivity index (χ0v) is 29.2. The third kappa shape index (κ3) is 9.78. The molecule has 3 aromatic rings. The summed E-state index contributed by atoms with van der Waals surface area (Å²) in [5, 5.41) is 17.3. The van der Waals surface area contributed by atoms with Gasteiger partial charge in [-0.25, -0.2) is 8.42 Å². The van der Waals surface area contributed by atoms with Crippen LogP contribution in [0.2, 0.25) is 0 Å². The molecule has 0 saturated carbocycles. The Morgan fingerprint density at radius 2 is 1.79 bits per heavy atom. The van der Waals surface area contributed by atoms with Gasteiger partial charge in [-0.15, -0.1) is 11.3 Å². The van der Waals surface area contributed by atoms with E-state index in [1.165, 1.54) is 11.4 Å². The average Bonchev–Trinajstić information content (AvgIpc) is 3.61. The number of rotatable bonds is 14. The van der Waals surface area contributed by atoms with Gasteiger partial charge in [0.1, 0.15) is 16.1 Å². The van der Waals surface area contributed by atoms with E-state index >= 15 is 0 Å². The fourth-order valence-corrected chi connectivity index (χ4v) is 7.82. The smallest absolute Gasteiger partial charge is 0.252 e. The van der Waals surface area contributed by atoms with Crippen molar-refractivity contribution in [1.29, 1.82) is 0 Å². The number of amides is 3. The van der Waals surface area contributed by atoms with Crippen molar-refractivity contribution in [3.8, 4) is 5.75 Å². The van der Waals surface area contributed by atoms with E-state index < -0.39 is 22.2 Å². The molecule has 260 valence electrons. The van der Waals surface area contributed by atoms with Crippen LogP contribution in [0.3, 0.4) is 0 Å².